The second-order valence-corrected chi connectivity index (χ2v) is 4.27. The van der Waals surface area contributed by atoms with Crippen LogP contribution in [0.15, 0.2) is 12.1 Å². The lowest BCUT2D eigenvalue weighted by atomic mass is 10.3. The Morgan fingerprint density at radius 1 is 1.52 bits per heavy atom. The minimum Gasteiger partial charge on any atom is -0.383 e. The first-order valence-electron chi connectivity index (χ1n) is 6.29. The van der Waals surface area contributed by atoms with Crippen LogP contribution >= 0.6 is 0 Å². The molecule has 0 aromatic carbocycles. The summed E-state index contributed by atoms with van der Waals surface area (Å²) in [4.78, 5) is 27.8. The number of nitrogens with zero attached hydrogens (tertiary/aromatic N) is 3. The van der Waals surface area contributed by atoms with E-state index in [0.717, 1.165) is 0 Å². The van der Waals surface area contributed by atoms with E-state index in [-0.39, 0.29) is 18.1 Å². The lowest BCUT2D eigenvalue weighted by Gasteiger charge is -2.18. The fourth-order valence-electron chi connectivity index (χ4n) is 1.58. The topological polar surface area (TPSA) is 110 Å². The summed E-state index contributed by atoms with van der Waals surface area (Å²) in [5.41, 5.74) is -0.0870. The minimum atomic E-state index is -0.501. The molecule has 9 heteroatoms. The molecule has 0 spiro atoms. The number of methoxy groups -OCH3 is 1. The van der Waals surface area contributed by atoms with Gasteiger partial charge in [-0.15, -0.1) is 0 Å². The molecule has 21 heavy (non-hydrogen) atoms. The standard InChI is InChI=1S/C12H19N5O4/c1-13-10-6-9(17(19)20)7-11(15-10)16(2)8-12(18)14-4-5-21-3/h6-7H,4-5,8H2,1-3H3,(H,13,15)(H,14,18). The minimum absolute atomic E-state index is 0.0427. The number of carbonyl (C=O) groups is 1. The molecule has 1 aromatic rings. The van der Waals surface area contributed by atoms with Crippen molar-refractivity contribution in [2.75, 3.05) is 51.1 Å². The Morgan fingerprint density at radius 3 is 2.81 bits per heavy atom. The van der Waals surface area contributed by atoms with Crippen LogP contribution in [0.25, 0.3) is 0 Å². The number of likely N-dealkylation sites (N-methyl/N-ethyl adjacent to an activating group) is 1. The average Bonchev–Trinajstić information content (AvgIpc) is 2.46. The number of rotatable bonds is 8. The highest BCUT2D eigenvalue weighted by Gasteiger charge is 2.15. The fraction of sp³-hybridized carbons (Fsp3) is 0.500. The molecule has 0 radical (unpaired) electrons. The molecule has 1 aromatic heterocycles. The zero-order chi connectivity index (χ0) is 15.8. The van der Waals surface area contributed by atoms with E-state index in [1.807, 2.05) is 0 Å². The summed E-state index contributed by atoms with van der Waals surface area (Å²) in [5, 5.41) is 16.3. The highest BCUT2D eigenvalue weighted by atomic mass is 16.6. The lowest BCUT2D eigenvalue weighted by molar-refractivity contribution is -0.384. The van der Waals surface area contributed by atoms with Crippen LogP contribution in [0.3, 0.4) is 0 Å². The third-order valence-corrected chi connectivity index (χ3v) is 2.66. The van der Waals surface area contributed by atoms with Crippen LogP contribution in [0.2, 0.25) is 0 Å². The third-order valence-electron chi connectivity index (χ3n) is 2.66. The van der Waals surface area contributed by atoms with Gasteiger partial charge >= 0.3 is 0 Å². The van der Waals surface area contributed by atoms with Gasteiger partial charge in [-0.2, -0.15) is 0 Å². The highest BCUT2D eigenvalue weighted by molar-refractivity contribution is 5.81. The number of carbonyl (C=O) groups excluding carboxylic acids is 1. The first-order chi connectivity index (χ1) is 9.97. The molecule has 0 atom stereocenters. The van der Waals surface area contributed by atoms with E-state index in [9.17, 15) is 14.9 Å². The molecule has 1 rings (SSSR count). The Bertz CT molecular complexity index is 508. The van der Waals surface area contributed by atoms with Gasteiger partial charge in [-0.3, -0.25) is 14.9 Å². The lowest BCUT2D eigenvalue weighted by Crippen LogP contribution is -2.37. The van der Waals surface area contributed by atoms with Crippen molar-refractivity contribution in [3.63, 3.8) is 0 Å². The quantitative estimate of drug-likeness (QED) is 0.401. The Hall–Kier alpha value is -2.42. The molecule has 0 fully saturated rings. The van der Waals surface area contributed by atoms with Crippen molar-refractivity contribution in [1.82, 2.24) is 10.3 Å². The van der Waals surface area contributed by atoms with Gasteiger partial charge in [-0.05, 0) is 0 Å². The van der Waals surface area contributed by atoms with E-state index in [0.29, 0.717) is 24.8 Å². The Kier molecular flexibility index (Phi) is 6.34. The van der Waals surface area contributed by atoms with Gasteiger partial charge in [0.2, 0.25) is 5.91 Å². The predicted octanol–water partition coefficient (Wildman–Crippen LogP) is 0.230. The van der Waals surface area contributed by atoms with Crippen LogP contribution in [0.5, 0.6) is 0 Å². The van der Waals surface area contributed by atoms with Gasteiger partial charge in [0, 0.05) is 27.7 Å². The molecule has 0 bridgehead atoms. The van der Waals surface area contributed by atoms with E-state index in [1.54, 1.807) is 21.2 Å². The molecule has 116 valence electrons. The highest BCUT2D eigenvalue weighted by Crippen LogP contribution is 2.22. The summed E-state index contributed by atoms with van der Waals surface area (Å²) in [7, 11) is 4.80. The Labute approximate surface area is 122 Å². The van der Waals surface area contributed by atoms with Crippen LogP contribution in [-0.2, 0) is 9.53 Å². The zero-order valence-electron chi connectivity index (χ0n) is 12.3. The second kappa shape index (κ2) is 8.00. The van der Waals surface area contributed by atoms with Gasteiger partial charge in [0.15, 0.2) is 0 Å². The molecule has 1 amide bonds. The Balaban J connectivity index is 2.76. The molecule has 0 unspecified atom stereocenters. The summed E-state index contributed by atoms with van der Waals surface area (Å²) in [5.74, 6) is 0.496. The van der Waals surface area contributed by atoms with Crippen LogP contribution in [0, 0.1) is 10.1 Å². The largest absolute Gasteiger partial charge is 0.383 e. The molecule has 0 aliphatic heterocycles. The second-order valence-electron chi connectivity index (χ2n) is 4.27. The first-order valence-corrected chi connectivity index (χ1v) is 6.29. The number of nitro groups is 1. The van der Waals surface area contributed by atoms with E-state index in [1.165, 1.54) is 17.0 Å². The van der Waals surface area contributed by atoms with Gasteiger partial charge in [0.25, 0.3) is 5.69 Å². The summed E-state index contributed by atoms with van der Waals surface area (Å²) in [6, 6.07) is 2.65. The van der Waals surface area contributed by atoms with Crippen molar-refractivity contribution in [3.8, 4) is 0 Å². The Morgan fingerprint density at radius 2 is 2.24 bits per heavy atom. The van der Waals surface area contributed by atoms with E-state index in [4.69, 9.17) is 4.74 Å². The van der Waals surface area contributed by atoms with Crippen LogP contribution in [-0.4, -0.2) is 56.7 Å². The van der Waals surface area contributed by atoms with E-state index >= 15 is 0 Å². The van der Waals surface area contributed by atoms with Gasteiger partial charge < -0.3 is 20.3 Å². The van der Waals surface area contributed by atoms with Crippen molar-refractivity contribution in [1.29, 1.82) is 0 Å². The molecular formula is C12H19N5O4. The summed E-state index contributed by atoms with van der Waals surface area (Å²) in [6.45, 7) is 0.878. The van der Waals surface area contributed by atoms with Crippen LogP contribution < -0.4 is 15.5 Å². The zero-order valence-corrected chi connectivity index (χ0v) is 12.3. The maximum absolute atomic E-state index is 11.7. The molecule has 0 aliphatic carbocycles. The number of ether oxygens (including phenoxy) is 1. The first kappa shape index (κ1) is 16.6. The van der Waals surface area contributed by atoms with Crippen LogP contribution in [0.4, 0.5) is 17.3 Å². The van der Waals surface area contributed by atoms with E-state index < -0.39 is 4.92 Å². The molecule has 0 aliphatic rings. The number of hydrogen-bond acceptors (Lipinski definition) is 7. The SMILES string of the molecule is CNc1cc([N+](=O)[O-])cc(N(C)CC(=O)NCCOC)n1. The molecule has 1 heterocycles. The third kappa shape index (κ3) is 5.22. The number of aromatic nitrogens is 1. The number of anilines is 2. The molecule has 0 saturated heterocycles. The molecular weight excluding hydrogens is 278 g/mol. The number of amides is 1. The van der Waals surface area contributed by atoms with Gasteiger partial charge in [0.05, 0.1) is 30.2 Å². The van der Waals surface area contributed by atoms with Crippen molar-refractivity contribution >= 4 is 23.2 Å². The summed E-state index contributed by atoms with van der Waals surface area (Å²) >= 11 is 0. The number of nitrogens with one attached hydrogen (secondary N) is 2. The van der Waals surface area contributed by atoms with Crippen molar-refractivity contribution in [2.45, 2.75) is 0 Å². The number of hydrogen-bond donors (Lipinski definition) is 2. The summed E-state index contributed by atoms with van der Waals surface area (Å²) in [6.07, 6.45) is 0. The maximum atomic E-state index is 11.7. The fourth-order valence-corrected chi connectivity index (χ4v) is 1.58. The monoisotopic (exact) mass is 297 g/mol. The van der Waals surface area contributed by atoms with Crippen molar-refractivity contribution in [3.05, 3.63) is 22.2 Å². The van der Waals surface area contributed by atoms with Gasteiger partial charge in [-0.25, -0.2) is 4.98 Å². The van der Waals surface area contributed by atoms with Crippen LogP contribution in [0.1, 0.15) is 0 Å². The molecule has 0 saturated carbocycles. The van der Waals surface area contributed by atoms with Crippen molar-refractivity contribution in [2.24, 2.45) is 0 Å². The van der Waals surface area contributed by atoms with Crippen molar-refractivity contribution < 1.29 is 14.5 Å². The van der Waals surface area contributed by atoms with E-state index in [2.05, 4.69) is 15.6 Å². The van der Waals surface area contributed by atoms with Gasteiger partial charge in [-0.1, -0.05) is 0 Å². The van der Waals surface area contributed by atoms with Gasteiger partial charge in [0.1, 0.15) is 11.6 Å². The maximum Gasteiger partial charge on any atom is 0.276 e. The normalized spacial score (nSPS) is 10.0. The predicted molar refractivity (Wildman–Crippen MR) is 78.6 cm³/mol. The smallest absolute Gasteiger partial charge is 0.276 e. The average molecular weight is 297 g/mol. The molecule has 9 nitrogen and oxygen atoms in total. The summed E-state index contributed by atoms with van der Waals surface area (Å²) < 4.78 is 4.83. The number of pyridine rings is 1. The molecule has 2 N–H and O–H groups in total.